The van der Waals surface area contributed by atoms with E-state index in [1.165, 1.54) is 12.8 Å². The van der Waals surface area contributed by atoms with Crippen LogP contribution in [0.1, 0.15) is 38.4 Å². The molecule has 0 aliphatic heterocycles. The summed E-state index contributed by atoms with van der Waals surface area (Å²) in [5, 5.41) is 13.9. The van der Waals surface area contributed by atoms with Crippen molar-refractivity contribution in [1.82, 2.24) is 5.32 Å². The van der Waals surface area contributed by atoms with Crippen LogP contribution in [0.4, 0.5) is 0 Å². The summed E-state index contributed by atoms with van der Waals surface area (Å²) in [7, 11) is 3.23. The van der Waals surface area contributed by atoms with Crippen LogP contribution >= 0.6 is 0 Å². The molecule has 0 aromatic heterocycles. The molecule has 0 spiro atoms. The van der Waals surface area contributed by atoms with Gasteiger partial charge in [0.1, 0.15) is 11.5 Å². The third kappa shape index (κ3) is 3.44. The zero-order chi connectivity index (χ0) is 14.8. The highest BCUT2D eigenvalue weighted by Gasteiger charge is 2.37. The molecular formula is C16H25NO3. The van der Waals surface area contributed by atoms with E-state index in [9.17, 15) is 5.11 Å². The first-order valence-electron chi connectivity index (χ1n) is 7.13. The van der Waals surface area contributed by atoms with Crippen molar-refractivity contribution in [1.29, 1.82) is 0 Å². The van der Waals surface area contributed by atoms with E-state index in [-0.39, 0.29) is 5.54 Å². The molecule has 0 amide bonds. The van der Waals surface area contributed by atoms with Crippen molar-refractivity contribution in [2.45, 2.75) is 38.3 Å². The SMILES string of the molecule is COc1ccc(OC)c(C(O)CNC(C)(C)C2CC2)c1. The van der Waals surface area contributed by atoms with Crippen molar-refractivity contribution < 1.29 is 14.6 Å². The van der Waals surface area contributed by atoms with Crippen LogP contribution in [0.5, 0.6) is 11.5 Å². The van der Waals surface area contributed by atoms with Gasteiger partial charge in [-0.05, 0) is 50.8 Å². The Bertz CT molecular complexity index is 455. The number of ether oxygens (including phenoxy) is 2. The lowest BCUT2D eigenvalue weighted by Crippen LogP contribution is -2.43. The van der Waals surface area contributed by atoms with Gasteiger partial charge in [0.25, 0.3) is 0 Å². The number of nitrogens with one attached hydrogen (secondary N) is 1. The summed E-state index contributed by atoms with van der Waals surface area (Å²) in [5.41, 5.74) is 0.832. The van der Waals surface area contributed by atoms with E-state index in [0.29, 0.717) is 12.3 Å². The molecule has 20 heavy (non-hydrogen) atoms. The lowest BCUT2D eigenvalue weighted by molar-refractivity contribution is 0.153. The predicted octanol–water partition coefficient (Wildman–Crippen LogP) is 2.52. The largest absolute Gasteiger partial charge is 0.497 e. The summed E-state index contributed by atoms with van der Waals surface area (Å²) in [4.78, 5) is 0. The molecule has 112 valence electrons. The van der Waals surface area contributed by atoms with E-state index in [4.69, 9.17) is 9.47 Å². The highest BCUT2D eigenvalue weighted by molar-refractivity contribution is 5.41. The van der Waals surface area contributed by atoms with Gasteiger partial charge in [-0.25, -0.2) is 0 Å². The number of aliphatic hydroxyl groups is 1. The van der Waals surface area contributed by atoms with Gasteiger partial charge >= 0.3 is 0 Å². The molecule has 1 aliphatic rings. The Morgan fingerprint density at radius 3 is 2.55 bits per heavy atom. The van der Waals surface area contributed by atoms with Crippen molar-refractivity contribution in [3.63, 3.8) is 0 Å². The van der Waals surface area contributed by atoms with E-state index in [1.54, 1.807) is 14.2 Å². The maximum Gasteiger partial charge on any atom is 0.124 e. The Kier molecular flexibility index (Phi) is 4.55. The molecule has 2 N–H and O–H groups in total. The van der Waals surface area contributed by atoms with E-state index in [0.717, 1.165) is 17.2 Å². The number of hydrogen-bond acceptors (Lipinski definition) is 4. The molecule has 4 heteroatoms. The molecule has 0 heterocycles. The fraction of sp³-hybridized carbons (Fsp3) is 0.625. The summed E-state index contributed by atoms with van der Waals surface area (Å²) in [6.45, 7) is 4.90. The summed E-state index contributed by atoms with van der Waals surface area (Å²) in [6.07, 6.45) is 1.94. The Morgan fingerprint density at radius 2 is 2.00 bits per heavy atom. The van der Waals surface area contributed by atoms with Gasteiger partial charge < -0.3 is 19.9 Å². The molecule has 2 rings (SSSR count). The van der Waals surface area contributed by atoms with E-state index in [2.05, 4.69) is 19.2 Å². The monoisotopic (exact) mass is 279 g/mol. The quantitative estimate of drug-likeness (QED) is 0.805. The second kappa shape index (κ2) is 6.02. The van der Waals surface area contributed by atoms with Crippen LogP contribution in [0.2, 0.25) is 0 Å². The van der Waals surface area contributed by atoms with Gasteiger partial charge in [0.2, 0.25) is 0 Å². The van der Waals surface area contributed by atoms with Crippen LogP contribution in [0.3, 0.4) is 0 Å². The van der Waals surface area contributed by atoms with Crippen LogP contribution in [0, 0.1) is 5.92 Å². The van der Waals surface area contributed by atoms with E-state index < -0.39 is 6.10 Å². The second-order valence-corrected chi connectivity index (χ2v) is 6.00. The summed E-state index contributed by atoms with van der Waals surface area (Å²) < 4.78 is 10.5. The minimum absolute atomic E-state index is 0.0765. The zero-order valence-electron chi connectivity index (χ0n) is 12.8. The van der Waals surface area contributed by atoms with Gasteiger partial charge in [-0.1, -0.05) is 0 Å². The standard InChI is InChI=1S/C16H25NO3/c1-16(2,11-5-6-11)17-10-14(18)13-9-12(19-3)7-8-15(13)20-4/h7-9,11,14,17-18H,5-6,10H2,1-4H3. The number of β-amino-alcohol motifs (C(OH)–C–C–N with tert-alkyl or cyclic N) is 1. The Labute approximate surface area is 121 Å². The highest BCUT2D eigenvalue weighted by atomic mass is 16.5. The third-order valence-corrected chi connectivity index (χ3v) is 4.14. The average molecular weight is 279 g/mol. The molecular weight excluding hydrogens is 254 g/mol. The molecule has 0 saturated heterocycles. The van der Waals surface area contributed by atoms with E-state index in [1.807, 2.05) is 18.2 Å². The average Bonchev–Trinajstić information content (AvgIpc) is 3.29. The van der Waals surface area contributed by atoms with Gasteiger partial charge in [-0.2, -0.15) is 0 Å². The maximum atomic E-state index is 10.4. The predicted molar refractivity (Wildman–Crippen MR) is 79.3 cm³/mol. The van der Waals surface area contributed by atoms with Gasteiger partial charge in [0.15, 0.2) is 0 Å². The number of benzene rings is 1. The molecule has 1 aromatic rings. The van der Waals surface area contributed by atoms with Crippen LogP contribution in [0.25, 0.3) is 0 Å². The Morgan fingerprint density at radius 1 is 1.30 bits per heavy atom. The fourth-order valence-corrected chi connectivity index (χ4v) is 2.52. The molecule has 1 aromatic carbocycles. The Hall–Kier alpha value is -1.26. The third-order valence-electron chi connectivity index (χ3n) is 4.14. The highest BCUT2D eigenvalue weighted by Crippen LogP contribution is 2.39. The fourth-order valence-electron chi connectivity index (χ4n) is 2.52. The molecule has 0 radical (unpaired) electrons. The van der Waals surface area contributed by atoms with Crippen LogP contribution in [-0.2, 0) is 0 Å². The van der Waals surface area contributed by atoms with Gasteiger partial charge in [0.05, 0.1) is 20.3 Å². The molecule has 1 atom stereocenters. The molecule has 1 unspecified atom stereocenters. The Balaban J connectivity index is 2.05. The van der Waals surface area contributed by atoms with E-state index >= 15 is 0 Å². The topological polar surface area (TPSA) is 50.7 Å². The smallest absolute Gasteiger partial charge is 0.124 e. The van der Waals surface area contributed by atoms with Crippen molar-refractivity contribution >= 4 is 0 Å². The summed E-state index contributed by atoms with van der Waals surface area (Å²) >= 11 is 0. The molecule has 1 saturated carbocycles. The maximum absolute atomic E-state index is 10.4. The van der Waals surface area contributed by atoms with Crippen molar-refractivity contribution in [2.24, 2.45) is 5.92 Å². The lowest BCUT2D eigenvalue weighted by atomic mass is 9.98. The molecule has 0 bridgehead atoms. The zero-order valence-corrected chi connectivity index (χ0v) is 12.8. The summed E-state index contributed by atoms with van der Waals surface area (Å²) in [6, 6.07) is 5.48. The molecule has 4 nitrogen and oxygen atoms in total. The van der Waals surface area contributed by atoms with Crippen LogP contribution in [0.15, 0.2) is 18.2 Å². The van der Waals surface area contributed by atoms with Gasteiger partial charge in [-0.3, -0.25) is 0 Å². The first kappa shape index (κ1) is 15.1. The minimum Gasteiger partial charge on any atom is -0.497 e. The molecule has 1 aliphatic carbocycles. The van der Waals surface area contributed by atoms with Crippen molar-refractivity contribution in [2.75, 3.05) is 20.8 Å². The number of methoxy groups -OCH3 is 2. The normalized spacial score (nSPS) is 16.9. The summed E-state index contributed by atoms with van der Waals surface area (Å²) in [5.74, 6) is 2.13. The van der Waals surface area contributed by atoms with Gasteiger partial charge in [-0.15, -0.1) is 0 Å². The number of rotatable bonds is 7. The van der Waals surface area contributed by atoms with Crippen LogP contribution in [-0.4, -0.2) is 31.4 Å². The second-order valence-electron chi connectivity index (χ2n) is 6.00. The van der Waals surface area contributed by atoms with Crippen LogP contribution < -0.4 is 14.8 Å². The van der Waals surface area contributed by atoms with Crippen molar-refractivity contribution in [3.05, 3.63) is 23.8 Å². The molecule has 1 fully saturated rings. The van der Waals surface area contributed by atoms with Gasteiger partial charge in [0, 0.05) is 17.6 Å². The first-order valence-corrected chi connectivity index (χ1v) is 7.13. The lowest BCUT2D eigenvalue weighted by Gasteiger charge is -2.28. The number of hydrogen-bond donors (Lipinski definition) is 2. The van der Waals surface area contributed by atoms with Crippen molar-refractivity contribution in [3.8, 4) is 11.5 Å². The number of aliphatic hydroxyl groups excluding tert-OH is 1. The minimum atomic E-state index is -0.613. The first-order chi connectivity index (χ1) is 9.47.